The third kappa shape index (κ3) is 10.1. The molecule has 0 bridgehead atoms. The number of ether oxygens (including phenoxy) is 2. The number of carbonyl (C=O) groups is 4. The Morgan fingerprint density at radius 1 is 0.975 bits per heavy atom. The molecule has 218 valence electrons. The molecule has 0 radical (unpaired) electrons. The van der Waals surface area contributed by atoms with Crippen molar-refractivity contribution in [1.29, 1.82) is 0 Å². The molecule has 0 saturated carbocycles. The molecule has 0 aliphatic carbocycles. The fourth-order valence-corrected chi connectivity index (χ4v) is 3.97. The third-order valence-electron chi connectivity index (χ3n) is 5.67. The fourth-order valence-electron chi connectivity index (χ4n) is 3.97. The minimum absolute atomic E-state index is 0.0220. The van der Waals surface area contributed by atoms with Gasteiger partial charge in [-0.1, -0.05) is 24.3 Å². The Bertz CT molecular complexity index is 1160. The number of hydrogen-bond acceptors (Lipinski definition) is 8. The molecule has 0 spiro atoms. The van der Waals surface area contributed by atoms with Crippen LogP contribution in [0.5, 0.6) is 11.5 Å². The van der Waals surface area contributed by atoms with Crippen LogP contribution in [0.25, 0.3) is 0 Å². The van der Waals surface area contributed by atoms with E-state index in [1.807, 2.05) is 0 Å². The lowest BCUT2D eigenvalue weighted by molar-refractivity contribution is -0.144. The van der Waals surface area contributed by atoms with Gasteiger partial charge in [0, 0.05) is 19.5 Å². The van der Waals surface area contributed by atoms with Gasteiger partial charge in [0.15, 0.2) is 0 Å². The van der Waals surface area contributed by atoms with Crippen molar-refractivity contribution in [3.8, 4) is 11.5 Å². The predicted molar refractivity (Wildman–Crippen MR) is 147 cm³/mol. The lowest BCUT2D eigenvalue weighted by Crippen LogP contribution is -2.53. The number of likely N-dealkylation sites (N-methyl/N-ethyl adjacent to an activating group) is 1. The van der Waals surface area contributed by atoms with Crippen LogP contribution in [-0.4, -0.2) is 70.3 Å². The van der Waals surface area contributed by atoms with Crippen molar-refractivity contribution in [2.45, 2.75) is 65.1 Å². The van der Waals surface area contributed by atoms with Crippen LogP contribution in [-0.2, 0) is 30.3 Å². The molecule has 2 rings (SSSR count). The standard InChI is InChI=1S/C29H39N3O8/c1-6-32(25(20-9-8-10-22(34)18-20)26(36)30-16-15-24(35)39-7-2)27(37)23(31-28(38)40-29(3,4)5)17-19-11-13-21(33)14-12-19/h8-14,18,23,25,33-34H,6-7,15-17H2,1-5H3,(H,30,36)(H,31,38). The highest BCUT2D eigenvalue weighted by molar-refractivity contribution is 5.92. The first-order valence-electron chi connectivity index (χ1n) is 13.1. The van der Waals surface area contributed by atoms with Gasteiger partial charge in [0.05, 0.1) is 13.0 Å². The summed E-state index contributed by atoms with van der Waals surface area (Å²) in [7, 11) is 0. The number of hydrogen-bond donors (Lipinski definition) is 4. The van der Waals surface area contributed by atoms with Gasteiger partial charge >= 0.3 is 12.1 Å². The van der Waals surface area contributed by atoms with E-state index in [9.17, 15) is 29.4 Å². The Labute approximate surface area is 234 Å². The molecule has 2 unspecified atom stereocenters. The van der Waals surface area contributed by atoms with Crippen LogP contribution >= 0.6 is 0 Å². The molecule has 0 saturated heterocycles. The number of rotatable bonds is 12. The van der Waals surface area contributed by atoms with Crippen molar-refractivity contribution in [2.24, 2.45) is 0 Å². The van der Waals surface area contributed by atoms with Crippen molar-refractivity contribution in [2.75, 3.05) is 19.7 Å². The average molecular weight is 558 g/mol. The minimum Gasteiger partial charge on any atom is -0.508 e. The number of phenolic OH excluding ortho intramolecular Hbond substituents is 2. The summed E-state index contributed by atoms with van der Waals surface area (Å²) in [6, 6.07) is 9.83. The second-order valence-electron chi connectivity index (χ2n) is 10.0. The number of phenols is 2. The van der Waals surface area contributed by atoms with Crippen LogP contribution in [0.1, 0.15) is 58.2 Å². The van der Waals surface area contributed by atoms with E-state index in [1.54, 1.807) is 58.9 Å². The van der Waals surface area contributed by atoms with Crippen LogP contribution < -0.4 is 10.6 Å². The first-order chi connectivity index (χ1) is 18.8. The number of nitrogens with zero attached hydrogens (tertiary/aromatic N) is 1. The van der Waals surface area contributed by atoms with E-state index < -0.39 is 41.6 Å². The third-order valence-corrected chi connectivity index (χ3v) is 5.67. The molecule has 40 heavy (non-hydrogen) atoms. The molecule has 0 aliphatic heterocycles. The molecule has 11 nitrogen and oxygen atoms in total. The molecular weight excluding hydrogens is 518 g/mol. The van der Waals surface area contributed by atoms with E-state index in [0.29, 0.717) is 11.1 Å². The first-order valence-corrected chi connectivity index (χ1v) is 13.1. The summed E-state index contributed by atoms with van der Waals surface area (Å²) in [5.74, 6) is -1.68. The summed E-state index contributed by atoms with van der Waals surface area (Å²) >= 11 is 0. The summed E-state index contributed by atoms with van der Waals surface area (Å²) in [6.07, 6.45) is -0.823. The van der Waals surface area contributed by atoms with Crippen molar-refractivity contribution < 1.29 is 38.9 Å². The fraction of sp³-hybridized carbons (Fsp3) is 0.448. The van der Waals surface area contributed by atoms with Gasteiger partial charge in [-0.25, -0.2) is 4.79 Å². The molecule has 0 fully saturated rings. The molecule has 0 aromatic heterocycles. The zero-order valence-electron chi connectivity index (χ0n) is 23.6. The molecular formula is C29H39N3O8. The molecule has 2 aromatic rings. The van der Waals surface area contributed by atoms with E-state index in [0.717, 1.165) is 0 Å². The summed E-state index contributed by atoms with van der Waals surface area (Å²) in [6.45, 7) is 8.72. The largest absolute Gasteiger partial charge is 0.508 e. The maximum atomic E-state index is 14.0. The number of esters is 1. The zero-order chi connectivity index (χ0) is 29.9. The van der Waals surface area contributed by atoms with Crippen LogP contribution in [0, 0.1) is 0 Å². The van der Waals surface area contributed by atoms with E-state index in [2.05, 4.69) is 10.6 Å². The Balaban J connectivity index is 2.41. The van der Waals surface area contributed by atoms with Crippen molar-refractivity contribution in [3.05, 3.63) is 59.7 Å². The van der Waals surface area contributed by atoms with Gasteiger partial charge in [-0.15, -0.1) is 0 Å². The zero-order valence-corrected chi connectivity index (χ0v) is 23.6. The van der Waals surface area contributed by atoms with E-state index in [-0.39, 0.29) is 44.0 Å². The maximum Gasteiger partial charge on any atom is 0.408 e. The van der Waals surface area contributed by atoms with Crippen LogP contribution in [0.4, 0.5) is 4.79 Å². The monoisotopic (exact) mass is 557 g/mol. The average Bonchev–Trinajstić information content (AvgIpc) is 2.86. The second kappa shape index (κ2) is 14.8. The molecule has 11 heteroatoms. The van der Waals surface area contributed by atoms with Gasteiger partial charge in [-0.05, 0) is 70.0 Å². The Morgan fingerprint density at radius 3 is 2.23 bits per heavy atom. The number of carbonyl (C=O) groups excluding carboxylic acids is 4. The number of aromatic hydroxyl groups is 2. The van der Waals surface area contributed by atoms with Crippen LogP contribution in [0.2, 0.25) is 0 Å². The van der Waals surface area contributed by atoms with Crippen molar-refractivity contribution in [3.63, 3.8) is 0 Å². The lowest BCUT2D eigenvalue weighted by Gasteiger charge is -2.34. The normalized spacial score (nSPS) is 12.5. The Kier molecular flexibility index (Phi) is 11.8. The lowest BCUT2D eigenvalue weighted by atomic mass is 10.00. The molecule has 4 N–H and O–H groups in total. The van der Waals surface area contributed by atoms with Gasteiger partial charge in [0.25, 0.3) is 0 Å². The molecule has 3 amide bonds. The van der Waals surface area contributed by atoms with Gasteiger partial charge in [0.1, 0.15) is 29.2 Å². The van der Waals surface area contributed by atoms with Gasteiger partial charge < -0.3 is 35.2 Å². The predicted octanol–water partition coefficient (Wildman–Crippen LogP) is 3.19. The van der Waals surface area contributed by atoms with E-state index >= 15 is 0 Å². The molecule has 0 aliphatic rings. The summed E-state index contributed by atoms with van der Waals surface area (Å²) < 4.78 is 10.3. The summed E-state index contributed by atoms with van der Waals surface area (Å²) in [4.78, 5) is 53.2. The van der Waals surface area contributed by atoms with Crippen LogP contribution in [0.15, 0.2) is 48.5 Å². The highest BCUT2D eigenvalue weighted by Crippen LogP contribution is 2.26. The van der Waals surface area contributed by atoms with Gasteiger partial charge in [-0.2, -0.15) is 0 Å². The summed E-state index contributed by atoms with van der Waals surface area (Å²) in [5.41, 5.74) is 0.171. The Hall–Kier alpha value is -4.28. The topological polar surface area (TPSA) is 154 Å². The maximum absolute atomic E-state index is 14.0. The second-order valence-corrected chi connectivity index (χ2v) is 10.0. The van der Waals surface area contributed by atoms with Crippen molar-refractivity contribution >= 4 is 23.9 Å². The Morgan fingerprint density at radius 2 is 1.65 bits per heavy atom. The highest BCUT2D eigenvalue weighted by Gasteiger charge is 2.35. The number of benzene rings is 2. The minimum atomic E-state index is -1.19. The van der Waals surface area contributed by atoms with E-state index in [1.165, 1.54) is 29.2 Å². The SMILES string of the molecule is CCOC(=O)CCNC(=O)C(c1cccc(O)c1)N(CC)C(=O)C(Cc1ccc(O)cc1)NC(=O)OC(C)(C)C. The number of nitrogens with one attached hydrogen (secondary N) is 2. The number of alkyl carbamates (subject to hydrolysis) is 1. The van der Waals surface area contributed by atoms with E-state index in [4.69, 9.17) is 9.47 Å². The van der Waals surface area contributed by atoms with Crippen molar-refractivity contribution in [1.82, 2.24) is 15.5 Å². The van der Waals surface area contributed by atoms with Gasteiger partial charge in [-0.3, -0.25) is 14.4 Å². The molecule has 0 heterocycles. The number of amides is 3. The summed E-state index contributed by atoms with van der Waals surface area (Å²) in [5, 5.41) is 25.1. The van der Waals surface area contributed by atoms with Gasteiger partial charge in [0.2, 0.25) is 11.8 Å². The molecule has 2 atom stereocenters. The molecule has 2 aromatic carbocycles. The smallest absolute Gasteiger partial charge is 0.408 e. The quantitative estimate of drug-likeness (QED) is 0.290. The van der Waals surface area contributed by atoms with Crippen LogP contribution in [0.3, 0.4) is 0 Å². The first kappa shape index (κ1) is 31.9. The highest BCUT2D eigenvalue weighted by atomic mass is 16.6.